The molecule has 90 valence electrons. The zero-order chi connectivity index (χ0) is 12.3. The van der Waals surface area contributed by atoms with Crippen LogP contribution in [0.15, 0.2) is 24.4 Å². The molecule has 2 aromatic rings. The van der Waals surface area contributed by atoms with E-state index in [0.717, 1.165) is 17.3 Å². The van der Waals surface area contributed by atoms with Gasteiger partial charge >= 0.3 is 0 Å². The molecule has 2 rings (SSSR count). The summed E-state index contributed by atoms with van der Waals surface area (Å²) in [7, 11) is 0. The first-order chi connectivity index (χ1) is 8.24. The molecule has 0 bridgehead atoms. The SMILES string of the molecule is CCC(CN)NC(=O)c1ccc2cn[nH]c2c1. The van der Waals surface area contributed by atoms with Crippen LogP contribution in [0.2, 0.25) is 0 Å². The van der Waals surface area contributed by atoms with Gasteiger partial charge in [-0.3, -0.25) is 9.89 Å². The van der Waals surface area contributed by atoms with Gasteiger partial charge in [0, 0.05) is 23.5 Å². The lowest BCUT2D eigenvalue weighted by atomic mass is 10.1. The Morgan fingerprint density at radius 1 is 1.59 bits per heavy atom. The number of aromatic nitrogens is 2. The second-order valence-corrected chi connectivity index (χ2v) is 3.99. The number of carbonyl (C=O) groups excluding carboxylic acids is 1. The first kappa shape index (κ1) is 11.6. The third kappa shape index (κ3) is 2.45. The van der Waals surface area contributed by atoms with Crippen molar-refractivity contribution in [1.82, 2.24) is 15.5 Å². The van der Waals surface area contributed by atoms with Gasteiger partial charge in [0.2, 0.25) is 0 Å². The van der Waals surface area contributed by atoms with Gasteiger partial charge < -0.3 is 11.1 Å². The number of hydrogen-bond donors (Lipinski definition) is 3. The maximum Gasteiger partial charge on any atom is 0.251 e. The summed E-state index contributed by atoms with van der Waals surface area (Å²) in [6.07, 6.45) is 2.56. The van der Waals surface area contributed by atoms with Gasteiger partial charge in [-0.2, -0.15) is 5.10 Å². The lowest BCUT2D eigenvalue weighted by Crippen LogP contribution is -2.39. The zero-order valence-electron chi connectivity index (χ0n) is 9.73. The first-order valence-corrected chi connectivity index (χ1v) is 5.68. The number of nitrogens with two attached hydrogens (primary N) is 1. The van der Waals surface area contributed by atoms with Crippen molar-refractivity contribution in [2.24, 2.45) is 5.73 Å². The van der Waals surface area contributed by atoms with Crippen LogP contribution < -0.4 is 11.1 Å². The Kier molecular flexibility index (Phi) is 3.39. The molecule has 0 aliphatic carbocycles. The predicted molar refractivity (Wildman–Crippen MR) is 66.7 cm³/mol. The van der Waals surface area contributed by atoms with Crippen LogP contribution in [0.3, 0.4) is 0 Å². The fraction of sp³-hybridized carbons (Fsp3) is 0.333. The number of rotatable bonds is 4. The number of benzene rings is 1. The van der Waals surface area contributed by atoms with E-state index in [2.05, 4.69) is 15.5 Å². The van der Waals surface area contributed by atoms with E-state index < -0.39 is 0 Å². The van der Waals surface area contributed by atoms with Gasteiger partial charge in [0.25, 0.3) is 5.91 Å². The number of amides is 1. The second-order valence-electron chi connectivity index (χ2n) is 3.99. The highest BCUT2D eigenvalue weighted by Gasteiger charge is 2.11. The lowest BCUT2D eigenvalue weighted by Gasteiger charge is -2.14. The average molecular weight is 232 g/mol. The molecule has 1 atom stereocenters. The summed E-state index contributed by atoms with van der Waals surface area (Å²) in [4.78, 5) is 11.9. The molecule has 0 fully saturated rings. The van der Waals surface area contributed by atoms with Gasteiger partial charge in [-0.05, 0) is 18.6 Å². The molecule has 0 aliphatic rings. The highest BCUT2D eigenvalue weighted by Crippen LogP contribution is 2.12. The van der Waals surface area contributed by atoms with Crippen molar-refractivity contribution in [3.8, 4) is 0 Å². The minimum Gasteiger partial charge on any atom is -0.348 e. The van der Waals surface area contributed by atoms with Crippen LogP contribution in [-0.4, -0.2) is 28.7 Å². The standard InChI is InChI=1S/C12H16N4O/c1-2-10(6-13)15-12(17)8-3-4-9-7-14-16-11(9)5-8/h3-5,7,10H,2,6,13H2,1H3,(H,14,16)(H,15,17). The molecule has 1 amide bonds. The quantitative estimate of drug-likeness (QED) is 0.736. The highest BCUT2D eigenvalue weighted by atomic mass is 16.1. The van der Waals surface area contributed by atoms with Crippen molar-refractivity contribution in [2.45, 2.75) is 19.4 Å². The van der Waals surface area contributed by atoms with E-state index in [-0.39, 0.29) is 11.9 Å². The Labute approximate surface area is 99.4 Å². The molecule has 5 nitrogen and oxygen atoms in total. The summed E-state index contributed by atoms with van der Waals surface area (Å²) in [5.41, 5.74) is 7.03. The van der Waals surface area contributed by atoms with E-state index in [0.29, 0.717) is 12.1 Å². The molecule has 0 radical (unpaired) electrons. The van der Waals surface area contributed by atoms with Crippen molar-refractivity contribution >= 4 is 16.8 Å². The summed E-state index contributed by atoms with van der Waals surface area (Å²) < 4.78 is 0. The molecule has 4 N–H and O–H groups in total. The third-order valence-electron chi connectivity index (χ3n) is 2.82. The number of H-pyrrole nitrogens is 1. The van der Waals surface area contributed by atoms with Gasteiger partial charge in [0.15, 0.2) is 0 Å². The normalized spacial score (nSPS) is 12.6. The average Bonchev–Trinajstić information content (AvgIpc) is 2.82. The number of nitrogens with one attached hydrogen (secondary N) is 2. The van der Waals surface area contributed by atoms with Crippen LogP contribution >= 0.6 is 0 Å². The monoisotopic (exact) mass is 232 g/mol. The predicted octanol–water partition coefficient (Wildman–Crippen LogP) is 1.03. The summed E-state index contributed by atoms with van der Waals surface area (Å²) in [6.45, 7) is 2.45. The topological polar surface area (TPSA) is 83.8 Å². The molecular weight excluding hydrogens is 216 g/mol. The van der Waals surface area contributed by atoms with E-state index in [1.54, 1.807) is 18.3 Å². The number of nitrogens with zero attached hydrogens (tertiary/aromatic N) is 1. The Morgan fingerprint density at radius 2 is 2.41 bits per heavy atom. The second kappa shape index (κ2) is 4.97. The summed E-state index contributed by atoms with van der Waals surface area (Å²) in [5, 5.41) is 10.6. The van der Waals surface area contributed by atoms with Crippen molar-refractivity contribution in [3.05, 3.63) is 30.0 Å². The largest absolute Gasteiger partial charge is 0.348 e. The Hall–Kier alpha value is -1.88. The molecule has 1 heterocycles. The molecule has 1 unspecified atom stereocenters. The maximum absolute atomic E-state index is 11.9. The van der Waals surface area contributed by atoms with Crippen LogP contribution in [-0.2, 0) is 0 Å². The summed E-state index contributed by atoms with van der Waals surface area (Å²) >= 11 is 0. The first-order valence-electron chi connectivity index (χ1n) is 5.68. The van der Waals surface area contributed by atoms with Crippen molar-refractivity contribution in [3.63, 3.8) is 0 Å². The molecule has 0 saturated carbocycles. The molecule has 1 aromatic heterocycles. The molecular formula is C12H16N4O. The Morgan fingerprint density at radius 3 is 3.12 bits per heavy atom. The third-order valence-corrected chi connectivity index (χ3v) is 2.82. The van der Waals surface area contributed by atoms with Crippen LogP contribution in [0.25, 0.3) is 10.9 Å². The Balaban J connectivity index is 2.18. The van der Waals surface area contributed by atoms with Crippen molar-refractivity contribution in [1.29, 1.82) is 0 Å². The fourth-order valence-electron chi connectivity index (χ4n) is 1.67. The number of carbonyl (C=O) groups is 1. The van der Waals surface area contributed by atoms with E-state index in [9.17, 15) is 4.79 Å². The van der Waals surface area contributed by atoms with Crippen molar-refractivity contribution < 1.29 is 4.79 Å². The van der Waals surface area contributed by atoms with Crippen LogP contribution in [0.4, 0.5) is 0 Å². The zero-order valence-corrected chi connectivity index (χ0v) is 9.73. The summed E-state index contributed by atoms with van der Waals surface area (Å²) in [5.74, 6) is -0.0983. The van der Waals surface area contributed by atoms with E-state index in [1.807, 2.05) is 13.0 Å². The Bertz CT molecular complexity index is 516. The number of fused-ring (bicyclic) bond motifs is 1. The summed E-state index contributed by atoms with van der Waals surface area (Å²) in [6, 6.07) is 5.48. The van der Waals surface area contributed by atoms with Crippen LogP contribution in [0.1, 0.15) is 23.7 Å². The molecule has 0 saturated heterocycles. The highest BCUT2D eigenvalue weighted by molar-refractivity contribution is 5.97. The van der Waals surface area contributed by atoms with Gasteiger partial charge in [-0.15, -0.1) is 0 Å². The van der Waals surface area contributed by atoms with Crippen LogP contribution in [0.5, 0.6) is 0 Å². The van der Waals surface area contributed by atoms with E-state index in [4.69, 9.17) is 5.73 Å². The maximum atomic E-state index is 11.9. The molecule has 1 aromatic carbocycles. The van der Waals surface area contributed by atoms with E-state index >= 15 is 0 Å². The number of aromatic amines is 1. The van der Waals surface area contributed by atoms with E-state index in [1.165, 1.54) is 0 Å². The van der Waals surface area contributed by atoms with Crippen LogP contribution in [0, 0.1) is 0 Å². The number of hydrogen-bond acceptors (Lipinski definition) is 3. The van der Waals surface area contributed by atoms with Gasteiger partial charge in [-0.1, -0.05) is 13.0 Å². The smallest absolute Gasteiger partial charge is 0.251 e. The molecule has 5 heteroatoms. The van der Waals surface area contributed by atoms with Crippen molar-refractivity contribution in [2.75, 3.05) is 6.54 Å². The van der Waals surface area contributed by atoms with Gasteiger partial charge in [0.05, 0.1) is 11.7 Å². The molecule has 0 aliphatic heterocycles. The lowest BCUT2D eigenvalue weighted by molar-refractivity contribution is 0.0937. The minimum absolute atomic E-state index is 0.0277. The van der Waals surface area contributed by atoms with Gasteiger partial charge in [0.1, 0.15) is 0 Å². The van der Waals surface area contributed by atoms with Gasteiger partial charge in [-0.25, -0.2) is 0 Å². The minimum atomic E-state index is -0.0983. The fourth-order valence-corrected chi connectivity index (χ4v) is 1.67. The molecule has 0 spiro atoms. The molecule has 17 heavy (non-hydrogen) atoms.